The fraction of sp³-hybridized carbons (Fsp3) is 0.429. The summed E-state index contributed by atoms with van der Waals surface area (Å²) >= 11 is 0. The monoisotopic (exact) mass is 262 g/mol. The van der Waals surface area contributed by atoms with Crippen molar-refractivity contribution in [1.29, 1.82) is 0 Å². The number of benzene rings is 1. The number of ketones is 1. The molecule has 5 nitrogen and oxygen atoms in total. The van der Waals surface area contributed by atoms with E-state index >= 15 is 0 Å². The molecule has 0 spiro atoms. The lowest BCUT2D eigenvalue weighted by Gasteiger charge is -2.16. The van der Waals surface area contributed by atoms with Gasteiger partial charge in [0.05, 0.1) is 18.7 Å². The second-order valence-corrected chi connectivity index (χ2v) is 4.48. The molecule has 1 aliphatic heterocycles. The zero-order valence-electron chi connectivity index (χ0n) is 11.3. The highest BCUT2D eigenvalue weighted by atomic mass is 16.5. The van der Waals surface area contributed by atoms with E-state index in [0.717, 1.165) is 0 Å². The Morgan fingerprint density at radius 2 is 2.05 bits per heavy atom. The van der Waals surface area contributed by atoms with Crippen molar-refractivity contribution >= 4 is 11.8 Å². The van der Waals surface area contributed by atoms with Crippen LogP contribution in [0.5, 0.6) is 5.75 Å². The molecular weight excluding hydrogens is 244 g/mol. The molecule has 0 saturated carbocycles. The van der Waals surface area contributed by atoms with Gasteiger partial charge >= 0.3 is 6.03 Å². The molecule has 2 amide bonds. The first-order valence-corrected chi connectivity index (χ1v) is 6.38. The summed E-state index contributed by atoms with van der Waals surface area (Å²) in [5, 5.41) is 0. The Morgan fingerprint density at radius 3 is 2.68 bits per heavy atom. The van der Waals surface area contributed by atoms with E-state index in [1.165, 1.54) is 0 Å². The number of para-hydroxylation sites is 1. The van der Waals surface area contributed by atoms with Gasteiger partial charge in [0, 0.05) is 20.1 Å². The van der Waals surface area contributed by atoms with Gasteiger partial charge in [0.1, 0.15) is 5.75 Å². The Balaban J connectivity index is 2.10. The van der Waals surface area contributed by atoms with Gasteiger partial charge in [-0.2, -0.15) is 0 Å². The Kier molecular flexibility index (Phi) is 4.04. The average Bonchev–Trinajstić information content (AvgIpc) is 2.72. The van der Waals surface area contributed by atoms with Crippen molar-refractivity contribution in [3.63, 3.8) is 0 Å². The Labute approximate surface area is 112 Å². The lowest BCUT2D eigenvalue weighted by Crippen LogP contribution is -2.34. The molecule has 5 heteroatoms. The predicted molar refractivity (Wildman–Crippen MR) is 71.5 cm³/mol. The van der Waals surface area contributed by atoms with Gasteiger partial charge < -0.3 is 14.5 Å². The molecule has 1 aromatic rings. The molecule has 0 unspecified atom stereocenters. The molecule has 0 bridgehead atoms. The van der Waals surface area contributed by atoms with E-state index < -0.39 is 0 Å². The fourth-order valence-electron chi connectivity index (χ4n) is 2.09. The fourth-order valence-corrected chi connectivity index (χ4v) is 2.09. The summed E-state index contributed by atoms with van der Waals surface area (Å²) < 4.78 is 5.44. The first-order chi connectivity index (χ1) is 9.13. The molecule has 1 aromatic carbocycles. The molecule has 1 fully saturated rings. The predicted octanol–water partition coefficient (Wildman–Crippen LogP) is 1.64. The average molecular weight is 262 g/mol. The zero-order chi connectivity index (χ0) is 13.8. The number of carbonyl (C=O) groups excluding carboxylic acids is 2. The zero-order valence-corrected chi connectivity index (χ0v) is 11.3. The Hall–Kier alpha value is -2.04. The second kappa shape index (κ2) is 5.73. The first kappa shape index (κ1) is 13.4. The molecule has 0 N–H and O–H groups in total. The number of rotatable bonds is 5. The van der Waals surface area contributed by atoms with E-state index in [-0.39, 0.29) is 18.4 Å². The third kappa shape index (κ3) is 2.86. The van der Waals surface area contributed by atoms with Gasteiger partial charge in [-0.05, 0) is 19.1 Å². The Bertz CT molecular complexity index is 487. The van der Waals surface area contributed by atoms with Crippen molar-refractivity contribution in [2.45, 2.75) is 6.92 Å². The van der Waals surface area contributed by atoms with E-state index in [1.807, 2.05) is 13.0 Å². The van der Waals surface area contributed by atoms with Crippen LogP contribution in [0.15, 0.2) is 24.3 Å². The topological polar surface area (TPSA) is 49.9 Å². The summed E-state index contributed by atoms with van der Waals surface area (Å²) in [7, 11) is 1.74. The Morgan fingerprint density at radius 1 is 1.32 bits per heavy atom. The van der Waals surface area contributed by atoms with E-state index in [2.05, 4.69) is 0 Å². The van der Waals surface area contributed by atoms with Crippen LogP contribution in [0.4, 0.5) is 4.79 Å². The molecule has 1 saturated heterocycles. The number of carbonyl (C=O) groups is 2. The van der Waals surface area contributed by atoms with Crippen LogP contribution in [0.25, 0.3) is 0 Å². The number of urea groups is 1. The van der Waals surface area contributed by atoms with E-state index in [9.17, 15) is 9.59 Å². The van der Waals surface area contributed by atoms with Gasteiger partial charge in [0.2, 0.25) is 0 Å². The first-order valence-electron chi connectivity index (χ1n) is 6.38. The minimum atomic E-state index is -0.0951. The lowest BCUT2D eigenvalue weighted by molar-refractivity contribution is 0.0948. The summed E-state index contributed by atoms with van der Waals surface area (Å²) in [6.07, 6.45) is 0. The van der Waals surface area contributed by atoms with Crippen LogP contribution < -0.4 is 4.74 Å². The number of Topliss-reactive ketones (excluding diaryl/α,β-unsaturated/α-hetero) is 1. The number of likely N-dealkylation sites (N-methyl/N-ethyl adjacent to an activating group) is 1. The van der Waals surface area contributed by atoms with Crippen LogP contribution in [-0.2, 0) is 0 Å². The van der Waals surface area contributed by atoms with Gasteiger partial charge in [0.15, 0.2) is 5.78 Å². The molecule has 0 atom stereocenters. The van der Waals surface area contributed by atoms with Gasteiger partial charge in [-0.25, -0.2) is 4.79 Å². The highest BCUT2D eigenvalue weighted by Crippen LogP contribution is 2.19. The van der Waals surface area contributed by atoms with Gasteiger partial charge in [-0.1, -0.05) is 12.1 Å². The molecular formula is C14H18N2O3. The van der Waals surface area contributed by atoms with Crippen LogP contribution in [0.2, 0.25) is 0 Å². The largest absolute Gasteiger partial charge is 0.493 e. The number of ether oxygens (including phenoxy) is 1. The smallest absolute Gasteiger partial charge is 0.320 e. The van der Waals surface area contributed by atoms with Crippen LogP contribution in [0, 0.1) is 0 Å². The van der Waals surface area contributed by atoms with Crippen LogP contribution in [0.1, 0.15) is 17.3 Å². The van der Waals surface area contributed by atoms with E-state index in [1.54, 1.807) is 35.0 Å². The summed E-state index contributed by atoms with van der Waals surface area (Å²) in [4.78, 5) is 27.2. The molecule has 0 radical (unpaired) electrons. The van der Waals surface area contributed by atoms with Crippen molar-refractivity contribution < 1.29 is 14.3 Å². The second-order valence-electron chi connectivity index (χ2n) is 4.48. The number of hydrogen-bond acceptors (Lipinski definition) is 3. The molecule has 102 valence electrons. The van der Waals surface area contributed by atoms with Gasteiger partial charge in [0.25, 0.3) is 0 Å². The van der Waals surface area contributed by atoms with Gasteiger partial charge in [-0.15, -0.1) is 0 Å². The van der Waals surface area contributed by atoms with Crippen molar-refractivity contribution in [2.75, 3.05) is 33.3 Å². The van der Waals surface area contributed by atoms with Crippen LogP contribution in [-0.4, -0.2) is 54.9 Å². The van der Waals surface area contributed by atoms with Crippen molar-refractivity contribution in [3.05, 3.63) is 29.8 Å². The van der Waals surface area contributed by atoms with Crippen molar-refractivity contribution in [3.8, 4) is 5.75 Å². The number of amides is 2. The summed E-state index contributed by atoms with van der Waals surface area (Å²) in [6, 6.07) is 7.04. The molecule has 1 heterocycles. The quantitative estimate of drug-likeness (QED) is 0.758. The van der Waals surface area contributed by atoms with E-state index in [4.69, 9.17) is 4.74 Å². The maximum atomic E-state index is 12.3. The van der Waals surface area contributed by atoms with Crippen molar-refractivity contribution in [1.82, 2.24) is 9.80 Å². The molecule has 0 aliphatic carbocycles. The van der Waals surface area contributed by atoms with Crippen LogP contribution >= 0.6 is 0 Å². The summed E-state index contributed by atoms with van der Waals surface area (Å²) in [5.74, 6) is 0.489. The normalized spacial score (nSPS) is 14.9. The third-order valence-electron chi connectivity index (χ3n) is 3.12. The molecule has 2 rings (SSSR count). The number of hydrogen-bond donors (Lipinski definition) is 0. The summed E-state index contributed by atoms with van der Waals surface area (Å²) in [6.45, 7) is 3.75. The van der Waals surface area contributed by atoms with Crippen LogP contribution in [0.3, 0.4) is 0 Å². The highest BCUT2D eigenvalue weighted by molar-refractivity contribution is 6.01. The SMILES string of the molecule is CCOc1ccccc1C(=O)CN1CCN(C)C1=O. The maximum absolute atomic E-state index is 12.3. The maximum Gasteiger partial charge on any atom is 0.320 e. The van der Waals surface area contributed by atoms with Crippen molar-refractivity contribution in [2.24, 2.45) is 0 Å². The minimum absolute atomic E-state index is 0.0901. The number of nitrogens with zero attached hydrogens (tertiary/aromatic N) is 2. The molecule has 1 aliphatic rings. The standard InChI is InChI=1S/C14H18N2O3/c1-3-19-13-7-5-4-6-11(13)12(17)10-16-9-8-15(2)14(16)18/h4-7H,3,8-10H2,1-2H3. The highest BCUT2D eigenvalue weighted by Gasteiger charge is 2.27. The minimum Gasteiger partial charge on any atom is -0.493 e. The molecule has 19 heavy (non-hydrogen) atoms. The third-order valence-corrected chi connectivity index (χ3v) is 3.12. The summed E-state index contributed by atoms with van der Waals surface area (Å²) in [5.41, 5.74) is 0.534. The van der Waals surface area contributed by atoms with E-state index in [0.29, 0.717) is 31.0 Å². The lowest BCUT2D eigenvalue weighted by atomic mass is 10.1. The molecule has 0 aromatic heterocycles. The van der Waals surface area contributed by atoms with Gasteiger partial charge in [-0.3, -0.25) is 4.79 Å².